The summed E-state index contributed by atoms with van der Waals surface area (Å²) in [7, 11) is 0. The van der Waals surface area contributed by atoms with E-state index in [-0.39, 0.29) is 23.3 Å². The zero-order valence-corrected chi connectivity index (χ0v) is 13.3. The van der Waals surface area contributed by atoms with Crippen molar-refractivity contribution in [2.24, 2.45) is 11.7 Å². The standard InChI is InChI=1S/C16H21N5O3/c17-9-14(10-4-2-1-3-5-10)18-16(22)15-12-8-11(21(23)24)6-7-13(12)19-20-15/h6-8,10,14H,1-5,9,17H2,(H,18,22)(H,19,20). The lowest BCUT2D eigenvalue weighted by atomic mass is 9.84. The van der Waals surface area contributed by atoms with Crippen molar-refractivity contribution in [2.45, 2.75) is 38.1 Å². The van der Waals surface area contributed by atoms with E-state index >= 15 is 0 Å². The quantitative estimate of drug-likeness (QED) is 0.571. The van der Waals surface area contributed by atoms with Gasteiger partial charge in [-0.15, -0.1) is 0 Å². The number of aromatic amines is 1. The first-order valence-electron chi connectivity index (χ1n) is 8.23. The van der Waals surface area contributed by atoms with Crippen LogP contribution in [0.15, 0.2) is 18.2 Å². The van der Waals surface area contributed by atoms with Crippen LogP contribution in [0.25, 0.3) is 10.9 Å². The molecule has 2 aromatic rings. The molecule has 0 spiro atoms. The van der Waals surface area contributed by atoms with Crippen LogP contribution in [-0.4, -0.2) is 33.6 Å². The molecule has 1 heterocycles. The molecule has 0 bridgehead atoms. The molecule has 128 valence electrons. The smallest absolute Gasteiger partial charge is 0.272 e. The van der Waals surface area contributed by atoms with Crippen LogP contribution in [0.2, 0.25) is 0 Å². The molecule has 0 saturated heterocycles. The number of rotatable bonds is 5. The van der Waals surface area contributed by atoms with Gasteiger partial charge in [-0.05, 0) is 24.8 Å². The van der Waals surface area contributed by atoms with E-state index in [1.165, 1.54) is 18.6 Å². The van der Waals surface area contributed by atoms with Crippen LogP contribution in [0.5, 0.6) is 0 Å². The Morgan fingerprint density at radius 2 is 2.17 bits per heavy atom. The van der Waals surface area contributed by atoms with E-state index in [1.54, 1.807) is 6.07 Å². The van der Waals surface area contributed by atoms with Crippen molar-refractivity contribution < 1.29 is 9.72 Å². The Bertz CT molecular complexity index is 751. The van der Waals surface area contributed by atoms with Crippen LogP contribution in [0.1, 0.15) is 42.6 Å². The summed E-state index contributed by atoms with van der Waals surface area (Å²) in [6.45, 7) is 0.374. The fraction of sp³-hybridized carbons (Fsp3) is 0.500. The number of fused-ring (bicyclic) bond motifs is 1. The molecule has 1 amide bonds. The minimum Gasteiger partial charge on any atom is -0.346 e. The number of aromatic nitrogens is 2. The summed E-state index contributed by atoms with van der Waals surface area (Å²) in [6, 6.07) is 4.21. The molecule has 1 saturated carbocycles. The molecule has 0 aliphatic heterocycles. The zero-order valence-electron chi connectivity index (χ0n) is 13.3. The van der Waals surface area contributed by atoms with Gasteiger partial charge in [0.1, 0.15) is 0 Å². The van der Waals surface area contributed by atoms with Crippen molar-refractivity contribution in [3.63, 3.8) is 0 Å². The van der Waals surface area contributed by atoms with E-state index in [1.807, 2.05) is 0 Å². The van der Waals surface area contributed by atoms with Gasteiger partial charge in [-0.25, -0.2) is 0 Å². The van der Waals surface area contributed by atoms with Crippen molar-refractivity contribution in [3.8, 4) is 0 Å². The maximum absolute atomic E-state index is 12.6. The van der Waals surface area contributed by atoms with E-state index in [2.05, 4.69) is 15.5 Å². The molecule has 8 nitrogen and oxygen atoms in total. The molecule has 1 unspecified atom stereocenters. The van der Waals surface area contributed by atoms with E-state index in [9.17, 15) is 14.9 Å². The van der Waals surface area contributed by atoms with Gasteiger partial charge in [-0.1, -0.05) is 19.3 Å². The number of non-ortho nitro benzene ring substituents is 1. The Labute approximate surface area is 138 Å². The summed E-state index contributed by atoms with van der Waals surface area (Å²) >= 11 is 0. The normalized spacial score (nSPS) is 16.9. The molecule has 1 atom stereocenters. The minimum absolute atomic E-state index is 0.0689. The van der Waals surface area contributed by atoms with Crippen molar-refractivity contribution in [1.82, 2.24) is 15.5 Å². The van der Waals surface area contributed by atoms with Crippen molar-refractivity contribution >= 4 is 22.5 Å². The molecule has 24 heavy (non-hydrogen) atoms. The first-order chi connectivity index (χ1) is 11.6. The molecule has 1 aromatic heterocycles. The number of carbonyl (C=O) groups is 1. The number of benzene rings is 1. The van der Waals surface area contributed by atoms with Gasteiger partial charge in [0.05, 0.1) is 10.4 Å². The van der Waals surface area contributed by atoms with Gasteiger partial charge in [-0.3, -0.25) is 20.0 Å². The van der Waals surface area contributed by atoms with E-state index in [0.29, 0.717) is 23.4 Å². The SMILES string of the molecule is NCC(NC(=O)c1n[nH]c2ccc([N+](=O)[O-])cc12)C1CCCCC1. The highest BCUT2D eigenvalue weighted by Crippen LogP contribution is 2.27. The van der Waals surface area contributed by atoms with Crippen molar-refractivity contribution in [2.75, 3.05) is 6.54 Å². The van der Waals surface area contributed by atoms with Gasteiger partial charge in [-0.2, -0.15) is 5.10 Å². The molecule has 1 aromatic carbocycles. The number of nitrogens with zero attached hydrogens (tertiary/aromatic N) is 2. The fourth-order valence-corrected chi connectivity index (χ4v) is 3.43. The summed E-state index contributed by atoms with van der Waals surface area (Å²) in [5, 5.41) is 21.1. The van der Waals surface area contributed by atoms with E-state index < -0.39 is 4.92 Å². The zero-order chi connectivity index (χ0) is 17.1. The molecule has 1 fully saturated rings. The molecule has 4 N–H and O–H groups in total. The summed E-state index contributed by atoms with van der Waals surface area (Å²) in [5.41, 5.74) is 6.54. The predicted molar refractivity (Wildman–Crippen MR) is 89.6 cm³/mol. The molecular formula is C16H21N5O3. The van der Waals surface area contributed by atoms with Gasteiger partial charge in [0.2, 0.25) is 0 Å². The molecule has 0 radical (unpaired) electrons. The number of nitro benzene ring substituents is 1. The van der Waals surface area contributed by atoms with Crippen LogP contribution in [0, 0.1) is 16.0 Å². The average molecular weight is 331 g/mol. The van der Waals surface area contributed by atoms with Crippen LogP contribution >= 0.6 is 0 Å². The molecule has 8 heteroatoms. The third kappa shape index (κ3) is 3.23. The van der Waals surface area contributed by atoms with E-state index in [4.69, 9.17) is 5.73 Å². The summed E-state index contributed by atoms with van der Waals surface area (Å²) < 4.78 is 0. The molecule has 1 aliphatic rings. The number of carbonyl (C=O) groups excluding carboxylic acids is 1. The second-order valence-electron chi connectivity index (χ2n) is 6.27. The van der Waals surface area contributed by atoms with Gasteiger partial charge in [0.25, 0.3) is 11.6 Å². The number of H-pyrrole nitrogens is 1. The van der Waals surface area contributed by atoms with Gasteiger partial charge in [0, 0.05) is 30.1 Å². The molecular weight excluding hydrogens is 310 g/mol. The number of nitro groups is 1. The summed E-state index contributed by atoms with van der Waals surface area (Å²) in [6.07, 6.45) is 5.68. The Morgan fingerprint density at radius 3 is 2.83 bits per heavy atom. The highest BCUT2D eigenvalue weighted by molar-refractivity contribution is 6.05. The Kier molecular flexibility index (Phi) is 4.75. The maximum atomic E-state index is 12.6. The van der Waals surface area contributed by atoms with Crippen LogP contribution < -0.4 is 11.1 Å². The first kappa shape index (κ1) is 16.4. The number of hydrogen-bond donors (Lipinski definition) is 3. The topological polar surface area (TPSA) is 127 Å². The fourth-order valence-electron chi connectivity index (χ4n) is 3.43. The summed E-state index contributed by atoms with van der Waals surface area (Å²) in [4.78, 5) is 23.0. The molecule has 3 rings (SSSR count). The largest absolute Gasteiger partial charge is 0.346 e. The Morgan fingerprint density at radius 1 is 1.42 bits per heavy atom. The Balaban J connectivity index is 1.82. The van der Waals surface area contributed by atoms with Crippen molar-refractivity contribution in [1.29, 1.82) is 0 Å². The number of hydrogen-bond acceptors (Lipinski definition) is 5. The lowest BCUT2D eigenvalue weighted by Gasteiger charge is -2.29. The lowest BCUT2D eigenvalue weighted by molar-refractivity contribution is -0.384. The summed E-state index contributed by atoms with van der Waals surface area (Å²) in [5.74, 6) is 0.0370. The minimum atomic E-state index is -0.487. The van der Waals surface area contributed by atoms with Crippen LogP contribution in [0.3, 0.4) is 0 Å². The second-order valence-corrected chi connectivity index (χ2v) is 6.27. The maximum Gasteiger partial charge on any atom is 0.272 e. The predicted octanol–water partition coefficient (Wildman–Crippen LogP) is 2.11. The Hall–Kier alpha value is -2.48. The monoisotopic (exact) mass is 331 g/mol. The highest BCUT2D eigenvalue weighted by Gasteiger charge is 2.26. The second kappa shape index (κ2) is 6.96. The third-order valence-corrected chi connectivity index (χ3v) is 4.76. The first-order valence-corrected chi connectivity index (χ1v) is 8.23. The van der Waals surface area contributed by atoms with Gasteiger partial charge in [0.15, 0.2) is 5.69 Å². The third-order valence-electron chi connectivity index (χ3n) is 4.76. The number of nitrogens with one attached hydrogen (secondary N) is 2. The number of nitrogens with two attached hydrogens (primary N) is 1. The van der Waals surface area contributed by atoms with Crippen molar-refractivity contribution in [3.05, 3.63) is 34.0 Å². The highest BCUT2D eigenvalue weighted by atomic mass is 16.6. The lowest BCUT2D eigenvalue weighted by Crippen LogP contribution is -2.46. The van der Waals surface area contributed by atoms with Crippen LogP contribution in [0.4, 0.5) is 5.69 Å². The van der Waals surface area contributed by atoms with Gasteiger partial charge < -0.3 is 11.1 Å². The molecule has 1 aliphatic carbocycles. The van der Waals surface area contributed by atoms with Gasteiger partial charge >= 0.3 is 0 Å². The average Bonchev–Trinajstić information content (AvgIpc) is 3.03. The number of amides is 1. The van der Waals surface area contributed by atoms with E-state index in [0.717, 1.165) is 25.7 Å². The van der Waals surface area contributed by atoms with Crippen LogP contribution in [-0.2, 0) is 0 Å².